The molecule has 2 aromatic rings. The van der Waals surface area contributed by atoms with Crippen molar-refractivity contribution < 1.29 is 9.90 Å². The van der Waals surface area contributed by atoms with Crippen LogP contribution in [0.5, 0.6) is 5.75 Å². The van der Waals surface area contributed by atoms with Crippen LogP contribution in [0, 0.1) is 11.3 Å². The second-order valence-electron chi connectivity index (χ2n) is 3.65. The molecular formula is C13H8ClN3O2. The van der Waals surface area contributed by atoms with Crippen LogP contribution in [0.15, 0.2) is 36.7 Å². The van der Waals surface area contributed by atoms with Crippen molar-refractivity contribution in [3.63, 3.8) is 0 Å². The summed E-state index contributed by atoms with van der Waals surface area (Å²) < 4.78 is 0. The van der Waals surface area contributed by atoms with E-state index in [4.69, 9.17) is 16.9 Å². The fourth-order valence-electron chi connectivity index (χ4n) is 1.45. The molecule has 1 aromatic heterocycles. The lowest BCUT2D eigenvalue weighted by molar-refractivity contribution is 0.102. The normalized spacial score (nSPS) is 9.68. The van der Waals surface area contributed by atoms with Gasteiger partial charge in [-0.1, -0.05) is 11.6 Å². The molecule has 0 saturated carbocycles. The Morgan fingerprint density at radius 2 is 2.21 bits per heavy atom. The Labute approximate surface area is 114 Å². The van der Waals surface area contributed by atoms with Gasteiger partial charge in [0.1, 0.15) is 5.75 Å². The topological polar surface area (TPSA) is 86.0 Å². The molecule has 1 aromatic carbocycles. The zero-order valence-electron chi connectivity index (χ0n) is 9.59. The van der Waals surface area contributed by atoms with Crippen LogP contribution in [-0.4, -0.2) is 16.0 Å². The van der Waals surface area contributed by atoms with E-state index in [1.54, 1.807) is 0 Å². The lowest BCUT2D eigenvalue weighted by Gasteiger charge is -2.08. The molecule has 5 nitrogen and oxygen atoms in total. The van der Waals surface area contributed by atoms with E-state index in [0.29, 0.717) is 11.3 Å². The molecule has 0 radical (unpaired) electrons. The third-order valence-electron chi connectivity index (χ3n) is 2.39. The third kappa shape index (κ3) is 2.81. The van der Waals surface area contributed by atoms with Gasteiger partial charge in [-0.25, -0.2) is 0 Å². The predicted octanol–water partition coefficient (Wildman–Crippen LogP) is 2.56. The minimum atomic E-state index is -0.508. The molecule has 19 heavy (non-hydrogen) atoms. The Morgan fingerprint density at radius 1 is 1.42 bits per heavy atom. The summed E-state index contributed by atoms with van der Waals surface area (Å²) in [7, 11) is 0. The number of hydrogen-bond donors (Lipinski definition) is 2. The number of nitriles is 1. The van der Waals surface area contributed by atoms with Crippen LogP contribution >= 0.6 is 11.6 Å². The highest BCUT2D eigenvalue weighted by atomic mass is 35.5. The van der Waals surface area contributed by atoms with Crippen LogP contribution in [0.25, 0.3) is 0 Å². The Hall–Kier alpha value is -2.58. The maximum atomic E-state index is 11.9. The van der Waals surface area contributed by atoms with E-state index >= 15 is 0 Å². The fourth-order valence-corrected chi connectivity index (χ4v) is 1.68. The van der Waals surface area contributed by atoms with Crippen molar-refractivity contribution in [2.75, 3.05) is 5.32 Å². The number of anilines is 1. The number of pyridine rings is 1. The second kappa shape index (κ2) is 5.38. The maximum Gasteiger partial charge on any atom is 0.259 e. The lowest BCUT2D eigenvalue weighted by Crippen LogP contribution is -2.12. The standard InChI is InChI=1S/C13H8ClN3O2/c14-10-5-8(6-15)1-2-11(10)17-13(19)9-3-4-16-7-12(9)18/h1-5,7,18H,(H,17,19). The maximum absolute atomic E-state index is 11.9. The summed E-state index contributed by atoms with van der Waals surface area (Å²) in [6.45, 7) is 0. The molecule has 1 amide bonds. The van der Waals surface area contributed by atoms with E-state index < -0.39 is 5.91 Å². The fraction of sp³-hybridized carbons (Fsp3) is 0. The monoisotopic (exact) mass is 273 g/mol. The lowest BCUT2D eigenvalue weighted by atomic mass is 10.2. The van der Waals surface area contributed by atoms with Crippen molar-refractivity contribution in [2.24, 2.45) is 0 Å². The number of aromatic hydroxyl groups is 1. The number of carbonyl (C=O) groups excluding carboxylic acids is 1. The average molecular weight is 274 g/mol. The number of rotatable bonds is 2. The first kappa shape index (κ1) is 12.9. The Kier molecular flexibility index (Phi) is 3.64. The van der Waals surface area contributed by atoms with Gasteiger partial charge in [0.25, 0.3) is 5.91 Å². The van der Waals surface area contributed by atoms with Crippen LogP contribution in [0.3, 0.4) is 0 Å². The summed E-state index contributed by atoms with van der Waals surface area (Å²) in [6, 6.07) is 7.84. The van der Waals surface area contributed by atoms with Crippen LogP contribution < -0.4 is 5.32 Å². The van der Waals surface area contributed by atoms with Gasteiger partial charge in [-0.2, -0.15) is 5.26 Å². The molecule has 0 aliphatic carbocycles. The van der Waals surface area contributed by atoms with Crippen LogP contribution in [-0.2, 0) is 0 Å². The molecule has 1 heterocycles. The summed E-state index contributed by atoms with van der Waals surface area (Å²) in [5.41, 5.74) is 0.854. The molecular weight excluding hydrogens is 266 g/mol. The molecule has 0 aliphatic rings. The average Bonchev–Trinajstić information content (AvgIpc) is 2.41. The van der Waals surface area contributed by atoms with Gasteiger partial charge in [0, 0.05) is 6.20 Å². The summed E-state index contributed by atoms with van der Waals surface area (Å²) in [5, 5.41) is 21.0. The van der Waals surface area contributed by atoms with Crippen LogP contribution in [0.1, 0.15) is 15.9 Å². The first-order chi connectivity index (χ1) is 9.11. The van der Waals surface area contributed by atoms with Crippen molar-refractivity contribution in [2.45, 2.75) is 0 Å². The van der Waals surface area contributed by atoms with E-state index in [9.17, 15) is 9.90 Å². The molecule has 0 unspecified atom stereocenters. The summed E-state index contributed by atoms with van der Waals surface area (Å²) >= 11 is 5.94. The van der Waals surface area contributed by atoms with Gasteiger partial charge in [0.2, 0.25) is 0 Å². The highest BCUT2D eigenvalue weighted by Crippen LogP contribution is 2.24. The molecule has 0 spiro atoms. The van der Waals surface area contributed by atoms with E-state index in [-0.39, 0.29) is 16.3 Å². The van der Waals surface area contributed by atoms with Crippen molar-refractivity contribution in [1.82, 2.24) is 4.98 Å². The molecule has 0 atom stereocenters. The molecule has 2 rings (SSSR count). The minimum absolute atomic E-state index is 0.0930. The largest absolute Gasteiger partial charge is 0.505 e. The molecule has 2 N–H and O–H groups in total. The molecule has 0 bridgehead atoms. The van der Waals surface area contributed by atoms with Gasteiger partial charge in [0.05, 0.1) is 34.1 Å². The minimum Gasteiger partial charge on any atom is -0.505 e. The number of amides is 1. The first-order valence-electron chi connectivity index (χ1n) is 5.26. The first-order valence-corrected chi connectivity index (χ1v) is 5.63. The van der Waals surface area contributed by atoms with Crippen molar-refractivity contribution >= 4 is 23.2 Å². The molecule has 0 fully saturated rings. The smallest absolute Gasteiger partial charge is 0.259 e. The van der Waals surface area contributed by atoms with Crippen molar-refractivity contribution in [1.29, 1.82) is 5.26 Å². The quantitative estimate of drug-likeness (QED) is 0.880. The van der Waals surface area contributed by atoms with E-state index in [1.165, 1.54) is 36.7 Å². The molecule has 94 valence electrons. The Morgan fingerprint density at radius 3 is 2.84 bits per heavy atom. The number of carbonyl (C=O) groups is 1. The predicted molar refractivity (Wildman–Crippen MR) is 70.0 cm³/mol. The van der Waals surface area contributed by atoms with Gasteiger partial charge in [0.15, 0.2) is 0 Å². The third-order valence-corrected chi connectivity index (χ3v) is 2.70. The highest BCUT2D eigenvalue weighted by Gasteiger charge is 2.12. The SMILES string of the molecule is N#Cc1ccc(NC(=O)c2ccncc2O)c(Cl)c1. The van der Waals surface area contributed by atoms with E-state index in [1.807, 2.05) is 6.07 Å². The zero-order valence-corrected chi connectivity index (χ0v) is 10.3. The Bertz CT molecular complexity index is 680. The van der Waals surface area contributed by atoms with Crippen molar-refractivity contribution in [3.8, 4) is 11.8 Å². The zero-order chi connectivity index (χ0) is 13.8. The molecule has 0 aliphatic heterocycles. The number of benzene rings is 1. The highest BCUT2D eigenvalue weighted by molar-refractivity contribution is 6.34. The van der Waals surface area contributed by atoms with Gasteiger partial charge < -0.3 is 10.4 Å². The Balaban J connectivity index is 2.25. The van der Waals surface area contributed by atoms with Crippen LogP contribution in [0.2, 0.25) is 5.02 Å². The molecule has 6 heteroatoms. The number of halogens is 1. The number of nitrogens with zero attached hydrogens (tertiary/aromatic N) is 2. The van der Waals surface area contributed by atoms with Gasteiger partial charge >= 0.3 is 0 Å². The van der Waals surface area contributed by atoms with Gasteiger partial charge in [-0.3, -0.25) is 9.78 Å². The molecule has 0 saturated heterocycles. The number of nitrogens with one attached hydrogen (secondary N) is 1. The van der Waals surface area contributed by atoms with Crippen LogP contribution in [0.4, 0.5) is 5.69 Å². The second-order valence-corrected chi connectivity index (χ2v) is 4.06. The van der Waals surface area contributed by atoms with E-state index in [0.717, 1.165) is 0 Å². The number of hydrogen-bond acceptors (Lipinski definition) is 4. The summed E-state index contributed by atoms with van der Waals surface area (Å²) in [5.74, 6) is -0.726. The summed E-state index contributed by atoms with van der Waals surface area (Å²) in [6.07, 6.45) is 2.57. The van der Waals surface area contributed by atoms with Gasteiger partial charge in [-0.05, 0) is 24.3 Å². The van der Waals surface area contributed by atoms with Crippen molar-refractivity contribution in [3.05, 3.63) is 52.8 Å². The summed E-state index contributed by atoms with van der Waals surface area (Å²) in [4.78, 5) is 15.6. The van der Waals surface area contributed by atoms with Gasteiger partial charge in [-0.15, -0.1) is 0 Å². The van der Waals surface area contributed by atoms with E-state index in [2.05, 4.69) is 10.3 Å². The number of aromatic nitrogens is 1.